The molecule has 4 aromatic rings. The van der Waals surface area contributed by atoms with Crippen molar-refractivity contribution in [3.8, 4) is 0 Å². The van der Waals surface area contributed by atoms with Gasteiger partial charge in [-0.15, -0.1) is 0 Å². The van der Waals surface area contributed by atoms with Gasteiger partial charge < -0.3 is 19.7 Å². The van der Waals surface area contributed by atoms with Gasteiger partial charge in [-0.05, 0) is 56.1 Å². The molecule has 5 rings (SSSR count). The smallest absolute Gasteiger partial charge is 0.449 e. The monoisotopic (exact) mass is 753 g/mol. The number of piperazine rings is 1. The van der Waals surface area contributed by atoms with E-state index in [2.05, 4.69) is 5.32 Å². The van der Waals surface area contributed by atoms with Crippen LogP contribution < -0.4 is 21.5 Å². The van der Waals surface area contributed by atoms with Crippen molar-refractivity contribution in [3.05, 3.63) is 121 Å². The molecule has 17 heteroatoms. The van der Waals surface area contributed by atoms with E-state index in [4.69, 9.17) is 9.52 Å². The SMILES string of the molecule is Cc1c(N2CCN(Cc3ccc(C(F)(F)F)o3)CC2)c(=O)n(C[C@H](NCCCCC(=O)O)c2ccccc2)c(=O)n1Cc1c(F)cccc1C(F)(F)F. The van der Waals surface area contributed by atoms with Gasteiger partial charge in [-0.1, -0.05) is 36.4 Å². The van der Waals surface area contributed by atoms with E-state index in [1.54, 1.807) is 35.2 Å². The number of carbonyl (C=O) groups is 1. The minimum absolute atomic E-state index is 0.0137. The lowest BCUT2D eigenvalue weighted by Gasteiger charge is -2.36. The molecule has 1 aliphatic rings. The molecule has 0 saturated carbocycles. The lowest BCUT2D eigenvalue weighted by atomic mass is 10.1. The van der Waals surface area contributed by atoms with Crippen LogP contribution in [-0.4, -0.2) is 57.8 Å². The zero-order valence-electron chi connectivity index (χ0n) is 28.6. The van der Waals surface area contributed by atoms with Gasteiger partial charge >= 0.3 is 24.0 Å². The number of rotatable bonds is 14. The van der Waals surface area contributed by atoms with Crippen LogP contribution in [0.3, 0.4) is 0 Å². The molecule has 286 valence electrons. The highest BCUT2D eigenvalue weighted by Crippen LogP contribution is 2.34. The van der Waals surface area contributed by atoms with E-state index in [0.717, 1.165) is 27.3 Å². The van der Waals surface area contributed by atoms with Crippen molar-refractivity contribution in [3.63, 3.8) is 0 Å². The fraction of sp³-hybridized carbons (Fsp3) is 0.417. The summed E-state index contributed by atoms with van der Waals surface area (Å²) in [5.41, 5.74) is -3.03. The Morgan fingerprint density at radius 3 is 2.19 bits per heavy atom. The standard InChI is InChI=1S/C36H38F7N5O5/c1-23-32(46-18-16-45(17-19-46)20-25-13-14-30(53-25)36(41,42)43)33(51)48(22-29(24-8-3-2-4-9-24)44-15-6-5-12-31(49)50)34(52)47(23)21-26-27(35(38,39)40)10-7-11-28(26)37/h2-4,7-11,13-14,29,44H,5-6,12,15-22H2,1H3,(H,49,50)/t29-/m0/s1. The summed E-state index contributed by atoms with van der Waals surface area (Å²) in [6.45, 7) is 1.52. The summed E-state index contributed by atoms with van der Waals surface area (Å²) in [5, 5.41) is 12.3. The molecule has 2 aromatic carbocycles. The Labute approximate surface area is 299 Å². The van der Waals surface area contributed by atoms with Crippen LogP contribution in [0.2, 0.25) is 0 Å². The number of carboxylic acids is 1. The molecule has 1 saturated heterocycles. The molecule has 1 fully saturated rings. The molecule has 10 nitrogen and oxygen atoms in total. The summed E-state index contributed by atoms with van der Waals surface area (Å²) in [7, 11) is 0. The van der Waals surface area contributed by atoms with Crippen LogP contribution in [0.1, 0.15) is 59.2 Å². The number of nitrogens with zero attached hydrogens (tertiary/aromatic N) is 4. The summed E-state index contributed by atoms with van der Waals surface area (Å²) in [6.07, 6.45) is -8.81. The third-order valence-electron chi connectivity index (χ3n) is 9.18. The van der Waals surface area contributed by atoms with Gasteiger partial charge in [0.2, 0.25) is 5.76 Å². The molecule has 2 N–H and O–H groups in total. The second kappa shape index (κ2) is 16.4. The molecule has 1 atom stereocenters. The van der Waals surface area contributed by atoms with Gasteiger partial charge in [0.05, 0.1) is 31.2 Å². The number of furan rings is 1. The molecule has 0 amide bonds. The Morgan fingerprint density at radius 2 is 1.57 bits per heavy atom. The summed E-state index contributed by atoms with van der Waals surface area (Å²) in [6, 6.07) is 12.7. The molecule has 3 heterocycles. The topological polar surface area (TPSA) is 113 Å². The molecular formula is C36H38F7N5O5. The van der Waals surface area contributed by atoms with Crippen molar-refractivity contribution in [1.29, 1.82) is 0 Å². The van der Waals surface area contributed by atoms with E-state index in [1.165, 1.54) is 13.0 Å². The first kappa shape index (κ1) is 39.3. The molecule has 0 radical (unpaired) electrons. The molecular weight excluding hydrogens is 715 g/mol. The van der Waals surface area contributed by atoms with Gasteiger partial charge in [0.1, 0.15) is 17.3 Å². The maximum absolute atomic E-state index is 15.1. The van der Waals surface area contributed by atoms with Crippen LogP contribution in [0, 0.1) is 12.7 Å². The van der Waals surface area contributed by atoms with Gasteiger partial charge in [-0.3, -0.25) is 23.6 Å². The maximum atomic E-state index is 15.1. The summed E-state index contributed by atoms with van der Waals surface area (Å²) < 4.78 is 103. The molecule has 0 spiro atoms. The average Bonchev–Trinajstić information content (AvgIpc) is 3.58. The first-order chi connectivity index (χ1) is 25.0. The number of carboxylic acid groups (broad SMARTS) is 1. The van der Waals surface area contributed by atoms with E-state index in [1.807, 2.05) is 4.90 Å². The van der Waals surface area contributed by atoms with Crippen LogP contribution >= 0.6 is 0 Å². The number of aliphatic carboxylic acids is 1. The number of hydrogen-bond donors (Lipinski definition) is 2. The van der Waals surface area contributed by atoms with Crippen molar-refractivity contribution in [2.75, 3.05) is 37.6 Å². The number of halogens is 7. The second-order valence-corrected chi connectivity index (χ2v) is 12.8. The Bertz CT molecular complexity index is 2000. The summed E-state index contributed by atoms with van der Waals surface area (Å²) >= 11 is 0. The Morgan fingerprint density at radius 1 is 0.868 bits per heavy atom. The molecule has 2 aromatic heterocycles. The third-order valence-corrected chi connectivity index (χ3v) is 9.18. The van der Waals surface area contributed by atoms with Gasteiger partial charge in [0.15, 0.2) is 0 Å². The van der Waals surface area contributed by atoms with Crippen molar-refractivity contribution in [2.45, 2.75) is 64.2 Å². The molecule has 0 bridgehead atoms. The maximum Gasteiger partial charge on any atom is 0.449 e. The molecule has 1 aliphatic heterocycles. The largest absolute Gasteiger partial charge is 0.481 e. The van der Waals surface area contributed by atoms with Gasteiger partial charge in [-0.25, -0.2) is 9.18 Å². The van der Waals surface area contributed by atoms with E-state index >= 15 is 4.39 Å². The zero-order chi connectivity index (χ0) is 38.5. The molecule has 0 unspecified atom stereocenters. The van der Waals surface area contributed by atoms with Gasteiger partial charge in [0.25, 0.3) is 5.56 Å². The van der Waals surface area contributed by atoms with Crippen molar-refractivity contribution in [1.82, 2.24) is 19.4 Å². The average molecular weight is 754 g/mol. The fourth-order valence-corrected chi connectivity index (χ4v) is 6.44. The van der Waals surface area contributed by atoms with Crippen LogP contribution in [0.4, 0.5) is 36.4 Å². The highest BCUT2D eigenvalue weighted by atomic mass is 19.4. The number of aromatic nitrogens is 2. The van der Waals surface area contributed by atoms with Crippen molar-refractivity contribution >= 4 is 11.7 Å². The first-order valence-electron chi connectivity index (χ1n) is 16.9. The number of hydrogen-bond acceptors (Lipinski definition) is 7. The first-order valence-corrected chi connectivity index (χ1v) is 16.9. The normalized spacial score (nSPS) is 14.8. The second-order valence-electron chi connectivity index (χ2n) is 12.8. The predicted molar refractivity (Wildman–Crippen MR) is 180 cm³/mol. The lowest BCUT2D eigenvalue weighted by Crippen LogP contribution is -2.51. The minimum Gasteiger partial charge on any atom is -0.481 e. The van der Waals surface area contributed by atoms with Gasteiger partial charge in [0, 0.05) is 43.9 Å². The quantitative estimate of drug-likeness (QED) is 0.118. The number of unbranched alkanes of at least 4 members (excludes halogenated alkanes) is 1. The highest BCUT2D eigenvalue weighted by Gasteiger charge is 2.36. The Balaban J connectivity index is 1.51. The number of alkyl halides is 6. The molecule has 0 aliphatic carbocycles. The highest BCUT2D eigenvalue weighted by molar-refractivity contribution is 5.66. The van der Waals surface area contributed by atoms with E-state index in [9.17, 15) is 40.7 Å². The minimum atomic E-state index is -4.94. The van der Waals surface area contributed by atoms with Crippen LogP contribution in [0.5, 0.6) is 0 Å². The third kappa shape index (κ3) is 9.56. The number of nitrogens with one attached hydrogen (secondary N) is 1. The lowest BCUT2D eigenvalue weighted by molar-refractivity contribution is -0.153. The van der Waals surface area contributed by atoms with Crippen molar-refractivity contribution < 1.29 is 45.1 Å². The Hall–Kier alpha value is -4.90. The van der Waals surface area contributed by atoms with Crippen LogP contribution in [-0.2, 0) is 36.8 Å². The Kier molecular flexibility index (Phi) is 12.2. The number of benzene rings is 2. The van der Waals surface area contributed by atoms with Gasteiger partial charge in [-0.2, -0.15) is 26.3 Å². The van der Waals surface area contributed by atoms with E-state index in [0.29, 0.717) is 31.0 Å². The predicted octanol–water partition coefficient (Wildman–Crippen LogP) is 6.04. The van der Waals surface area contributed by atoms with Crippen LogP contribution in [0.25, 0.3) is 0 Å². The summed E-state index contributed by atoms with van der Waals surface area (Å²) in [4.78, 5) is 43.0. The molecule has 53 heavy (non-hydrogen) atoms. The number of anilines is 1. The van der Waals surface area contributed by atoms with Crippen molar-refractivity contribution in [2.24, 2.45) is 0 Å². The fourth-order valence-electron chi connectivity index (χ4n) is 6.44. The van der Waals surface area contributed by atoms with E-state index < -0.39 is 64.9 Å². The summed E-state index contributed by atoms with van der Waals surface area (Å²) in [5.74, 6) is -3.18. The van der Waals surface area contributed by atoms with Crippen LogP contribution in [0.15, 0.2) is 74.7 Å². The zero-order valence-corrected chi connectivity index (χ0v) is 28.6. The van der Waals surface area contributed by atoms with E-state index in [-0.39, 0.29) is 62.8 Å².